The third-order valence-corrected chi connectivity index (χ3v) is 2.29. The monoisotopic (exact) mass is 292 g/mol. The summed E-state index contributed by atoms with van der Waals surface area (Å²) in [6.07, 6.45) is -1.41. The van der Waals surface area contributed by atoms with Crippen LogP contribution in [0.15, 0.2) is 12.1 Å². The quantitative estimate of drug-likeness (QED) is 0.624. The molecule has 0 radical (unpaired) electrons. The van der Waals surface area contributed by atoms with Gasteiger partial charge in [0.2, 0.25) is 0 Å². The molecule has 9 heteroatoms. The molecule has 0 heterocycles. The van der Waals surface area contributed by atoms with Crippen molar-refractivity contribution in [2.45, 2.75) is 19.1 Å². The Bertz CT molecular complexity index is 537. The number of carbonyl (C=O) groups is 2. The van der Waals surface area contributed by atoms with Gasteiger partial charge in [-0.2, -0.15) is 0 Å². The molecule has 1 aromatic carbocycles. The summed E-state index contributed by atoms with van der Waals surface area (Å²) >= 11 is 0. The van der Waals surface area contributed by atoms with E-state index >= 15 is 0 Å². The van der Waals surface area contributed by atoms with Gasteiger partial charge in [0.05, 0.1) is 11.8 Å². The standard InChI is InChI=1S/C11H11F3N2O4/c1-4(17)9(10(18)19)16-11(20)15-8-3-6(13)5(12)2-7(8)14/h2-4,9,17H,1H3,(H,18,19)(H2,15,16,20). The number of hydrogen-bond acceptors (Lipinski definition) is 3. The number of halogens is 3. The fourth-order valence-electron chi connectivity index (χ4n) is 1.31. The average Bonchev–Trinajstić information content (AvgIpc) is 2.32. The Balaban J connectivity index is 2.81. The SMILES string of the molecule is CC(O)C(NC(=O)Nc1cc(F)c(F)cc1F)C(=O)O. The van der Waals surface area contributed by atoms with Gasteiger partial charge in [-0.3, -0.25) is 0 Å². The van der Waals surface area contributed by atoms with E-state index in [1.165, 1.54) is 0 Å². The zero-order valence-corrected chi connectivity index (χ0v) is 10.2. The number of aliphatic hydroxyl groups excluding tert-OH is 1. The number of carbonyl (C=O) groups excluding carboxylic acids is 1. The van der Waals surface area contributed by atoms with Crippen LogP contribution < -0.4 is 10.6 Å². The van der Waals surface area contributed by atoms with E-state index in [1.54, 1.807) is 0 Å². The van der Waals surface area contributed by atoms with Gasteiger partial charge in [0.1, 0.15) is 5.82 Å². The molecule has 6 nitrogen and oxygen atoms in total. The highest BCUT2D eigenvalue weighted by molar-refractivity contribution is 5.92. The van der Waals surface area contributed by atoms with Crippen molar-refractivity contribution in [2.24, 2.45) is 0 Å². The number of anilines is 1. The molecule has 1 aromatic rings. The van der Waals surface area contributed by atoms with Gasteiger partial charge in [0, 0.05) is 12.1 Å². The van der Waals surface area contributed by atoms with Crippen LogP contribution in [0.3, 0.4) is 0 Å². The van der Waals surface area contributed by atoms with E-state index in [1.807, 2.05) is 10.6 Å². The second-order valence-corrected chi connectivity index (χ2v) is 3.90. The zero-order valence-electron chi connectivity index (χ0n) is 10.2. The lowest BCUT2D eigenvalue weighted by Gasteiger charge is -2.17. The Labute approximate surface area is 111 Å². The number of carboxylic acids is 1. The smallest absolute Gasteiger partial charge is 0.328 e. The van der Waals surface area contributed by atoms with Crippen molar-refractivity contribution in [3.05, 3.63) is 29.6 Å². The number of aliphatic carboxylic acids is 1. The van der Waals surface area contributed by atoms with Crippen molar-refractivity contribution < 1.29 is 33.0 Å². The molecule has 0 bridgehead atoms. The Kier molecular flexibility index (Phi) is 4.92. The van der Waals surface area contributed by atoms with Gasteiger partial charge in [-0.15, -0.1) is 0 Å². The van der Waals surface area contributed by atoms with Gasteiger partial charge in [0.15, 0.2) is 17.7 Å². The molecule has 0 aliphatic heterocycles. The summed E-state index contributed by atoms with van der Waals surface area (Å²) in [6, 6.07) is -2.19. The molecule has 0 aliphatic rings. The van der Waals surface area contributed by atoms with Crippen molar-refractivity contribution in [3.63, 3.8) is 0 Å². The summed E-state index contributed by atoms with van der Waals surface area (Å²) in [5, 5.41) is 21.5. The second-order valence-electron chi connectivity index (χ2n) is 3.90. The first kappa shape index (κ1) is 15.8. The first-order chi connectivity index (χ1) is 9.22. The molecule has 1 rings (SSSR count). The molecule has 2 amide bonds. The Morgan fingerprint density at radius 3 is 2.20 bits per heavy atom. The molecule has 4 N–H and O–H groups in total. The third-order valence-electron chi connectivity index (χ3n) is 2.29. The van der Waals surface area contributed by atoms with Crippen LogP contribution in [0.5, 0.6) is 0 Å². The number of amides is 2. The van der Waals surface area contributed by atoms with Crippen LogP contribution in [0.4, 0.5) is 23.7 Å². The third kappa shape index (κ3) is 3.85. The topological polar surface area (TPSA) is 98.7 Å². The number of nitrogens with one attached hydrogen (secondary N) is 2. The van der Waals surface area contributed by atoms with Gasteiger partial charge < -0.3 is 20.8 Å². The maximum atomic E-state index is 13.2. The normalized spacial score (nSPS) is 13.4. The van der Waals surface area contributed by atoms with Crippen LogP contribution in [0.25, 0.3) is 0 Å². The number of rotatable bonds is 4. The second kappa shape index (κ2) is 6.24. The minimum absolute atomic E-state index is 0.230. The summed E-state index contributed by atoms with van der Waals surface area (Å²) in [7, 11) is 0. The minimum Gasteiger partial charge on any atom is -0.480 e. The number of carboxylic acid groups (broad SMARTS) is 1. The summed E-state index contributed by atoms with van der Waals surface area (Å²) in [4.78, 5) is 22.1. The van der Waals surface area contributed by atoms with E-state index in [0.717, 1.165) is 6.92 Å². The van der Waals surface area contributed by atoms with Gasteiger partial charge in [-0.1, -0.05) is 0 Å². The molecule has 20 heavy (non-hydrogen) atoms. The number of urea groups is 1. The van der Waals surface area contributed by atoms with Gasteiger partial charge >= 0.3 is 12.0 Å². The predicted octanol–water partition coefficient (Wildman–Crippen LogP) is 1.06. The predicted molar refractivity (Wildman–Crippen MR) is 61.6 cm³/mol. The van der Waals surface area contributed by atoms with Gasteiger partial charge in [-0.25, -0.2) is 22.8 Å². The molecule has 0 aliphatic carbocycles. The van der Waals surface area contributed by atoms with E-state index in [2.05, 4.69) is 0 Å². The molecule has 0 spiro atoms. The van der Waals surface area contributed by atoms with E-state index in [0.29, 0.717) is 6.07 Å². The van der Waals surface area contributed by atoms with Crippen LogP contribution in [-0.2, 0) is 4.79 Å². The first-order valence-corrected chi connectivity index (χ1v) is 5.35. The van der Waals surface area contributed by atoms with Crippen molar-refractivity contribution in [1.29, 1.82) is 0 Å². The number of benzene rings is 1. The summed E-state index contributed by atoms with van der Waals surface area (Å²) in [5.74, 6) is -5.56. The maximum Gasteiger partial charge on any atom is 0.328 e. The van der Waals surface area contributed by atoms with Crippen LogP contribution >= 0.6 is 0 Å². The van der Waals surface area contributed by atoms with Crippen LogP contribution in [0, 0.1) is 17.5 Å². The molecule has 0 aromatic heterocycles. The zero-order chi connectivity index (χ0) is 15.4. The Morgan fingerprint density at radius 1 is 1.15 bits per heavy atom. The summed E-state index contributed by atoms with van der Waals surface area (Å²) in [6.45, 7) is 1.12. The first-order valence-electron chi connectivity index (χ1n) is 5.35. The largest absolute Gasteiger partial charge is 0.480 e. The van der Waals surface area contributed by atoms with Gasteiger partial charge in [0.25, 0.3) is 0 Å². The Hall–Kier alpha value is -2.29. The molecule has 110 valence electrons. The fourth-order valence-corrected chi connectivity index (χ4v) is 1.31. The molecular formula is C11H11F3N2O4. The molecule has 0 fully saturated rings. The van der Waals surface area contributed by atoms with Crippen molar-refractivity contribution in [3.8, 4) is 0 Å². The highest BCUT2D eigenvalue weighted by atomic mass is 19.2. The van der Waals surface area contributed by atoms with E-state index in [4.69, 9.17) is 10.2 Å². The average molecular weight is 292 g/mol. The molecular weight excluding hydrogens is 281 g/mol. The minimum atomic E-state index is -1.64. The maximum absolute atomic E-state index is 13.2. The lowest BCUT2D eigenvalue weighted by molar-refractivity contribution is -0.141. The highest BCUT2D eigenvalue weighted by Crippen LogP contribution is 2.18. The fraction of sp³-hybridized carbons (Fsp3) is 0.273. The lowest BCUT2D eigenvalue weighted by Crippen LogP contribution is -2.49. The summed E-state index contributed by atoms with van der Waals surface area (Å²) in [5.41, 5.74) is -0.670. The van der Waals surface area contributed by atoms with Crippen molar-refractivity contribution in [1.82, 2.24) is 5.32 Å². The number of aliphatic hydroxyl groups is 1. The van der Waals surface area contributed by atoms with Crippen molar-refractivity contribution >= 4 is 17.7 Å². The van der Waals surface area contributed by atoms with Crippen molar-refractivity contribution in [2.75, 3.05) is 5.32 Å². The number of hydrogen-bond donors (Lipinski definition) is 4. The van der Waals surface area contributed by atoms with Crippen LogP contribution in [-0.4, -0.2) is 34.4 Å². The van der Waals surface area contributed by atoms with Gasteiger partial charge in [-0.05, 0) is 6.92 Å². The lowest BCUT2D eigenvalue weighted by atomic mass is 10.2. The summed E-state index contributed by atoms with van der Waals surface area (Å²) < 4.78 is 38.8. The van der Waals surface area contributed by atoms with E-state index in [-0.39, 0.29) is 6.07 Å². The molecule has 2 unspecified atom stereocenters. The van der Waals surface area contributed by atoms with E-state index < -0.39 is 47.3 Å². The molecule has 0 saturated carbocycles. The van der Waals surface area contributed by atoms with Crippen LogP contribution in [0.1, 0.15) is 6.92 Å². The van der Waals surface area contributed by atoms with E-state index in [9.17, 15) is 22.8 Å². The van der Waals surface area contributed by atoms with Crippen LogP contribution in [0.2, 0.25) is 0 Å². The molecule has 0 saturated heterocycles. The highest BCUT2D eigenvalue weighted by Gasteiger charge is 2.25. The molecule has 2 atom stereocenters. The Morgan fingerprint density at radius 2 is 1.70 bits per heavy atom.